The Morgan fingerprint density at radius 3 is 2.47 bits per heavy atom. The highest BCUT2D eigenvalue weighted by molar-refractivity contribution is 5.80. The highest BCUT2D eigenvalue weighted by atomic mass is 19.4. The minimum Gasteiger partial charge on any atom is -0.480 e. The van der Waals surface area contributed by atoms with Crippen molar-refractivity contribution in [3.05, 3.63) is 0 Å². The predicted molar refractivity (Wildman–Crippen MR) is 59.8 cm³/mol. The number of methoxy groups -OCH3 is 1. The smallest absolute Gasteiger partial charge is 0.389 e. The first-order valence-corrected chi connectivity index (χ1v) is 5.56. The molecule has 0 aliphatic rings. The number of carboxylic acid groups (broad SMARTS) is 1. The molecule has 19 heavy (non-hydrogen) atoms. The lowest BCUT2D eigenvalue weighted by Gasteiger charge is -2.20. The van der Waals surface area contributed by atoms with E-state index in [-0.39, 0.29) is 26.1 Å². The molecule has 0 heterocycles. The van der Waals surface area contributed by atoms with Crippen molar-refractivity contribution in [1.82, 2.24) is 10.2 Å². The molecule has 6 nitrogen and oxygen atoms in total. The third-order valence-electron chi connectivity index (χ3n) is 2.09. The van der Waals surface area contributed by atoms with Gasteiger partial charge in [-0.2, -0.15) is 13.2 Å². The van der Waals surface area contributed by atoms with Crippen LogP contribution in [-0.4, -0.2) is 61.5 Å². The van der Waals surface area contributed by atoms with E-state index in [0.717, 1.165) is 4.90 Å². The van der Waals surface area contributed by atoms with E-state index in [9.17, 15) is 22.8 Å². The first-order chi connectivity index (χ1) is 8.76. The van der Waals surface area contributed by atoms with Gasteiger partial charge in [0.2, 0.25) is 0 Å². The van der Waals surface area contributed by atoms with Crippen LogP contribution in [0, 0.1) is 0 Å². The van der Waals surface area contributed by atoms with Gasteiger partial charge in [-0.15, -0.1) is 0 Å². The molecule has 9 heteroatoms. The fourth-order valence-electron chi connectivity index (χ4n) is 1.21. The molecular formula is C10H17F3N2O4. The van der Waals surface area contributed by atoms with Crippen LogP contribution in [0.1, 0.15) is 12.8 Å². The van der Waals surface area contributed by atoms with E-state index in [1.54, 1.807) is 0 Å². The lowest BCUT2D eigenvalue weighted by atomic mass is 10.3. The molecule has 112 valence electrons. The summed E-state index contributed by atoms with van der Waals surface area (Å²) in [5.74, 6) is -1.21. The normalized spacial score (nSPS) is 11.2. The summed E-state index contributed by atoms with van der Waals surface area (Å²) in [6.07, 6.45) is -5.51. The van der Waals surface area contributed by atoms with E-state index in [2.05, 4.69) is 5.32 Å². The first-order valence-electron chi connectivity index (χ1n) is 5.56. The maximum atomic E-state index is 11.9. The summed E-state index contributed by atoms with van der Waals surface area (Å²) in [6.45, 7) is -0.507. The van der Waals surface area contributed by atoms with Crippen molar-refractivity contribution in [2.24, 2.45) is 0 Å². The van der Waals surface area contributed by atoms with E-state index >= 15 is 0 Å². The van der Waals surface area contributed by atoms with E-state index < -0.39 is 31.1 Å². The number of amides is 2. The zero-order valence-corrected chi connectivity index (χ0v) is 10.5. The quantitative estimate of drug-likeness (QED) is 0.654. The van der Waals surface area contributed by atoms with Crippen molar-refractivity contribution in [1.29, 1.82) is 0 Å². The third kappa shape index (κ3) is 10.1. The molecule has 0 aliphatic heterocycles. The average molecular weight is 286 g/mol. The molecule has 0 fully saturated rings. The van der Waals surface area contributed by atoms with Crippen LogP contribution in [0.25, 0.3) is 0 Å². The number of rotatable bonds is 8. The minimum absolute atomic E-state index is 0.0495. The molecule has 0 aromatic carbocycles. The molecule has 0 radical (unpaired) electrons. The highest BCUT2D eigenvalue weighted by Gasteiger charge is 2.26. The number of ether oxygens (including phenoxy) is 1. The molecule has 2 N–H and O–H groups in total. The van der Waals surface area contributed by atoms with Crippen molar-refractivity contribution in [3.8, 4) is 0 Å². The van der Waals surface area contributed by atoms with Crippen molar-refractivity contribution < 1.29 is 32.6 Å². The van der Waals surface area contributed by atoms with Gasteiger partial charge < -0.3 is 20.1 Å². The lowest BCUT2D eigenvalue weighted by Crippen LogP contribution is -2.44. The summed E-state index contributed by atoms with van der Waals surface area (Å²) >= 11 is 0. The Bertz CT molecular complexity index is 297. The van der Waals surface area contributed by atoms with Crippen LogP contribution in [0.5, 0.6) is 0 Å². The summed E-state index contributed by atoms with van der Waals surface area (Å²) in [5.41, 5.74) is 0. The van der Waals surface area contributed by atoms with Gasteiger partial charge in [-0.25, -0.2) is 4.79 Å². The Labute approximate surface area is 108 Å². The molecule has 0 rings (SSSR count). The number of alkyl halides is 3. The number of carboxylic acids is 1. The fourth-order valence-corrected chi connectivity index (χ4v) is 1.21. The molecular weight excluding hydrogens is 269 g/mol. The van der Waals surface area contributed by atoms with Crippen molar-refractivity contribution in [2.75, 3.05) is 33.4 Å². The first kappa shape index (κ1) is 17.5. The number of halogens is 3. The Morgan fingerprint density at radius 1 is 1.37 bits per heavy atom. The molecule has 0 atom stereocenters. The van der Waals surface area contributed by atoms with Crippen LogP contribution in [-0.2, 0) is 9.53 Å². The fraction of sp³-hybridized carbons (Fsp3) is 0.800. The summed E-state index contributed by atoms with van der Waals surface area (Å²) in [5, 5.41) is 10.8. The van der Waals surface area contributed by atoms with Crippen LogP contribution in [0.2, 0.25) is 0 Å². The summed E-state index contributed by atoms with van der Waals surface area (Å²) in [6, 6.07) is -0.721. The van der Waals surface area contributed by atoms with E-state index in [1.165, 1.54) is 7.11 Å². The second-order valence-electron chi connectivity index (χ2n) is 3.76. The predicted octanol–water partition coefficient (Wildman–Crippen LogP) is 1.07. The second kappa shape index (κ2) is 8.57. The molecule has 0 spiro atoms. The molecule has 0 bridgehead atoms. The van der Waals surface area contributed by atoms with Crippen molar-refractivity contribution in [3.63, 3.8) is 0 Å². The Hall–Kier alpha value is -1.51. The Kier molecular flexibility index (Phi) is 7.89. The highest BCUT2D eigenvalue weighted by Crippen LogP contribution is 2.20. The van der Waals surface area contributed by atoms with Gasteiger partial charge in [-0.1, -0.05) is 0 Å². The number of hydrogen-bond donors (Lipinski definition) is 2. The molecule has 0 aromatic rings. The monoisotopic (exact) mass is 286 g/mol. The van der Waals surface area contributed by atoms with Gasteiger partial charge in [0.1, 0.15) is 6.54 Å². The van der Waals surface area contributed by atoms with Crippen molar-refractivity contribution >= 4 is 12.0 Å². The number of aliphatic carboxylic acids is 1. The maximum absolute atomic E-state index is 11.9. The van der Waals surface area contributed by atoms with Gasteiger partial charge in [0.15, 0.2) is 0 Å². The van der Waals surface area contributed by atoms with Gasteiger partial charge in [0.25, 0.3) is 0 Å². The molecule has 0 aliphatic carbocycles. The van der Waals surface area contributed by atoms with Crippen LogP contribution in [0.4, 0.5) is 18.0 Å². The molecule has 0 saturated heterocycles. The standard InChI is InChI=1S/C10H17F3N2O4/c1-19-6-5-15(7-8(16)17)9(18)14-4-2-3-10(11,12)13/h2-7H2,1H3,(H,14,18)(H,16,17). The third-order valence-corrected chi connectivity index (χ3v) is 2.09. The topological polar surface area (TPSA) is 78.9 Å². The molecule has 0 saturated carbocycles. The number of hydrogen-bond acceptors (Lipinski definition) is 3. The SMILES string of the molecule is COCCN(CC(=O)O)C(=O)NCCCC(F)(F)F. The maximum Gasteiger partial charge on any atom is 0.389 e. The molecule has 2 amide bonds. The van der Waals surface area contributed by atoms with Gasteiger partial charge in [-0.05, 0) is 6.42 Å². The minimum atomic E-state index is -4.26. The van der Waals surface area contributed by atoms with Gasteiger partial charge >= 0.3 is 18.2 Å². The number of nitrogens with zero attached hydrogens (tertiary/aromatic N) is 1. The second-order valence-corrected chi connectivity index (χ2v) is 3.76. The van der Waals surface area contributed by atoms with Gasteiger partial charge in [0.05, 0.1) is 6.61 Å². The molecule has 0 unspecified atom stereocenters. The zero-order chi connectivity index (χ0) is 14.9. The van der Waals surface area contributed by atoms with E-state index in [4.69, 9.17) is 9.84 Å². The van der Waals surface area contributed by atoms with Gasteiger partial charge in [-0.3, -0.25) is 4.79 Å². The van der Waals surface area contributed by atoms with Crippen molar-refractivity contribution in [2.45, 2.75) is 19.0 Å². The van der Waals surface area contributed by atoms with E-state index in [1.807, 2.05) is 0 Å². The Morgan fingerprint density at radius 2 is 2.00 bits per heavy atom. The number of nitrogens with one attached hydrogen (secondary N) is 1. The Balaban J connectivity index is 4.06. The summed E-state index contributed by atoms with van der Waals surface area (Å²) in [4.78, 5) is 23.0. The summed E-state index contributed by atoms with van der Waals surface area (Å²) in [7, 11) is 1.39. The number of carbonyl (C=O) groups is 2. The molecule has 0 aromatic heterocycles. The van der Waals surface area contributed by atoms with Crippen LogP contribution < -0.4 is 5.32 Å². The number of urea groups is 1. The largest absolute Gasteiger partial charge is 0.480 e. The van der Waals surface area contributed by atoms with Gasteiger partial charge in [0, 0.05) is 26.6 Å². The van der Waals surface area contributed by atoms with Crippen LogP contribution >= 0.6 is 0 Å². The number of carbonyl (C=O) groups excluding carboxylic acids is 1. The lowest BCUT2D eigenvalue weighted by molar-refractivity contribution is -0.137. The zero-order valence-electron chi connectivity index (χ0n) is 10.5. The van der Waals surface area contributed by atoms with Crippen LogP contribution in [0.3, 0.4) is 0 Å². The average Bonchev–Trinajstić information content (AvgIpc) is 2.28. The van der Waals surface area contributed by atoms with E-state index in [0.29, 0.717) is 0 Å². The summed E-state index contributed by atoms with van der Waals surface area (Å²) < 4.78 is 40.3. The van der Waals surface area contributed by atoms with Crippen LogP contribution in [0.15, 0.2) is 0 Å².